The van der Waals surface area contributed by atoms with Crippen LogP contribution in [-0.4, -0.2) is 44.5 Å². The summed E-state index contributed by atoms with van der Waals surface area (Å²) < 4.78 is 14.3. The van der Waals surface area contributed by atoms with Crippen LogP contribution in [0.4, 0.5) is 21.7 Å². The Bertz CT molecular complexity index is 1160. The van der Waals surface area contributed by atoms with E-state index < -0.39 is 11.7 Å². The smallest absolute Gasteiger partial charge is 0.279 e. The molecule has 1 amide bonds. The van der Waals surface area contributed by atoms with Crippen LogP contribution < -0.4 is 21.7 Å². The second-order valence-electron chi connectivity index (χ2n) is 8.24. The minimum atomic E-state index is -0.592. The summed E-state index contributed by atoms with van der Waals surface area (Å²) in [4.78, 5) is 31.9. The first kappa shape index (κ1) is 21.6. The third kappa shape index (κ3) is 4.50. The SMILES string of the molecule is Cc1ccc(F)c(-c2cnc(N)c(C(=O)Nc3ncccc3N3CCC(C)(N)CC3)n2)n1. The number of nitrogens with zero attached hydrogens (tertiary/aromatic N) is 5. The van der Waals surface area contributed by atoms with Crippen molar-refractivity contribution in [2.75, 3.05) is 29.0 Å². The topological polar surface area (TPSA) is 136 Å². The molecule has 0 unspecified atom stereocenters. The number of hydrogen-bond acceptors (Lipinski definition) is 8. The number of amides is 1. The predicted molar refractivity (Wildman–Crippen MR) is 121 cm³/mol. The number of nitrogens with two attached hydrogens (primary N) is 2. The molecule has 10 heteroatoms. The van der Waals surface area contributed by atoms with Crippen molar-refractivity contribution in [2.45, 2.75) is 32.2 Å². The van der Waals surface area contributed by atoms with Gasteiger partial charge in [-0.05, 0) is 51.0 Å². The molecule has 3 aromatic heterocycles. The molecule has 4 rings (SSSR count). The predicted octanol–water partition coefficient (Wildman–Crippen LogP) is 2.53. The number of rotatable bonds is 4. The van der Waals surface area contributed by atoms with Crippen LogP contribution in [0.25, 0.3) is 11.4 Å². The van der Waals surface area contributed by atoms with Crippen LogP contribution in [0, 0.1) is 12.7 Å². The molecule has 0 atom stereocenters. The fourth-order valence-corrected chi connectivity index (χ4v) is 3.57. The summed E-state index contributed by atoms with van der Waals surface area (Å²) in [5.41, 5.74) is 13.3. The van der Waals surface area contributed by atoms with Crippen molar-refractivity contribution in [3.8, 4) is 11.4 Å². The van der Waals surface area contributed by atoms with Gasteiger partial charge < -0.3 is 21.7 Å². The molecule has 1 fully saturated rings. The lowest BCUT2D eigenvalue weighted by Crippen LogP contribution is -2.48. The maximum atomic E-state index is 14.3. The van der Waals surface area contributed by atoms with Gasteiger partial charge in [0, 0.05) is 30.5 Å². The van der Waals surface area contributed by atoms with Crippen LogP contribution >= 0.6 is 0 Å². The monoisotopic (exact) mass is 436 g/mol. The van der Waals surface area contributed by atoms with Crippen LogP contribution in [0.15, 0.2) is 36.7 Å². The van der Waals surface area contributed by atoms with Crippen LogP contribution in [-0.2, 0) is 0 Å². The molecule has 9 nitrogen and oxygen atoms in total. The Balaban J connectivity index is 1.61. The molecule has 0 bridgehead atoms. The van der Waals surface area contributed by atoms with Crippen molar-refractivity contribution < 1.29 is 9.18 Å². The average Bonchev–Trinajstić information content (AvgIpc) is 2.76. The number of pyridine rings is 2. The maximum absolute atomic E-state index is 14.3. The first-order valence-corrected chi connectivity index (χ1v) is 10.3. The summed E-state index contributed by atoms with van der Waals surface area (Å²) in [7, 11) is 0. The van der Waals surface area contributed by atoms with E-state index in [4.69, 9.17) is 11.5 Å². The van der Waals surface area contributed by atoms with Crippen LogP contribution in [0.3, 0.4) is 0 Å². The number of nitrogens with one attached hydrogen (secondary N) is 1. The Labute approximate surface area is 185 Å². The number of anilines is 3. The standard InChI is InChI=1S/C22H25FN8O/c1-13-5-6-14(23)17(28-13)15-12-27-19(24)18(29-15)21(32)30-20-16(4-3-9-26-20)31-10-7-22(2,25)8-11-31/h3-6,9,12H,7-8,10-11,25H2,1-2H3,(H2,24,27)(H,26,30,32). The van der Waals surface area contributed by atoms with E-state index in [0.717, 1.165) is 31.6 Å². The van der Waals surface area contributed by atoms with Gasteiger partial charge in [0.1, 0.15) is 11.4 Å². The highest BCUT2D eigenvalue weighted by Crippen LogP contribution is 2.29. The molecule has 4 heterocycles. The van der Waals surface area contributed by atoms with Gasteiger partial charge in [0.2, 0.25) is 0 Å². The Morgan fingerprint density at radius 1 is 1.19 bits per heavy atom. The molecule has 32 heavy (non-hydrogen) atoms. The molecule has 166 valence electrons. The van der Waals surface area contributed by atoms with E-state index in [2.05, 4.69) is 30.2 Å². The number of aromatic nitrogens is 4. The molecule has 1 aliphatic rings. The van der Waals surface area contributed by atoms with E-state index in [-0.39, 0.29) is 28.4 Å². The second kappa shape index (κ2) is 8.46. The summed E-state index contributed by atoms with van der Waals surface area (Å²) >= 11 is 0. The molecular formula is C22H25FN8O. The highest BCUT2D eigenvalue weighted by molar-refractivity contribution is 6.06. The molecule has 0 aromatic carbocycles. The third-order valence-electron chi connectivity index (χ3n) is 5.51. The number of piperidine rings is 1. The molecular weight excluding hydrogens is 411 g/mol. The molecule has 1 saturated heterocycles. The highest BCUT2D eigenvalue weighted by Gasteiger charge is 2.28. The minimum Gasteiger partial charge on any atom is -0.382 e. The minimum absolute atomic E-state index is 0.00299. The van der Waals surface area contributed by atoms with E-state index in [1.807, 2.05) is 19.1 Å². The number of nitrogen functional groups attached to an aromatic ring is 1. The van der Waals surface area contributed by atoms with Crippen molar-refractivity contribution >= 4 is 23.2 Å². The lowest BCUT2D eigenvalue weighted by Gasteiger charge is -2.38. The van der Waals surface area contributed by atoms with Gasteiger partial charge in [-0.3, -0.25) is 4.79 Å². The Hall–Kier alpha value is -3.66. The second-order valence-corrected chi connectivity index (χ2v) is 8.24. The number of aryl methyl sites for hydroxylation is 1. The van der Waals surface area contributed by atoms with Gasteiger partial charge in [-0.2, -0.15) is 0 Å². The van der Waals surface area contributed by atoms with Crippen molar-refractivity contribution in [2.24, 2.45) is 5.73 Å². The number of carbonyl (C=O) groups is 1. The first-order chi connectivity index (χ1) is 15.2. The fourth-order valence-electron chi connectivity index (χ4n) is 3.57. The molecule has 0 spiro atoms. The van der Waals surface area contributed by atoms with Crippen LogP contribution in [0.1, 0.15) is 35.9 Å². The van der Waals surface area contributed by atoms with E-state index in [9.17, 15) is 9.18 Å². The fraction of sp³-hybridized carbons (Fsp3) is 0.318. The summed E-state index contributed by atoms with van der Waals surface area (Å²) in [6.45, 7) is 5.27. The third-order valence-corrected chi connectivity index (χ3v) is 5.51. The normalized spacial score (nSPS) is 15.4. The van der Waals surface area contributed by atoms with Crippen molar-refractivity contribution in [3.63, 3.8) is 0 Å². The lowest BCUT2D eigenvalue weighted by molar-refractivity contribution is 0.102. The molecule has 1 aliphatic heterocycles. The Morgan fingerprint density at radius 2 is 1.94 bits per heavy atom. The van der Waals surface area contributed by atoms with Gasteiger partial charge in [-0.15, -0.1) is 0 Å². The zero-order valence-corrected chi connectivity index (χ0v) is 18.0. The number of halogens is 1. The van der Waals surface area contributed by atoms with E-state index in [1.165, 1.54) is 12.3 Å². The van der Waals surface area contributed by atoms with Gasteiger partial charge in [-0.1, -0.05) is 0 Å². The zero-order chi connectivity index (χ0) is 22.9. The molecule has 0 saturated carbocycles. The van der Waals surface area contributed by atoms with Gasteiger partial charge >= 0.3 is 0 Å². The van der Waals surface area contributed by atoms with Gasteiger partial charge in [0.25, 0.3) is 5.91 Å². The van der Waals surface area contributed by atoms with Crippen molar-refractivity contribution in [3.05, 3.63) is 53.9 Å². The van der Waals surface area contributed by atoms with Gasteiger partial charge in [-0.25, -0.2) is 24.3 Å². The Kier molecular flexibility index (Phi) is 5.70. The summed E-state index contributed by atoms with van der Waals surface area (Å²) in [5, 5.41) is 2.77. The van der Waals surface area contributed by atoms with Crippen LogP contribution in [0.5, 0.6) is 0 Å². The highest BCUT2D eigenvalue weighted by atomic mass is 19.1. The van der Waals surface area contributed by atoms with E-state index in [1.54, 1.807) is 19.2 Å². The van der Waals surface area contributed by atoms with E-state index >= 15 is 0 Å². The van der Waals surface area contributed by atoms with Crippen molar-refractivity contribution in [1.29, 1.82) is 0 Å². The number of carbonyl (C=O) groups excluding carboxylic acids is 1. The zero-order valence-electron chi connectivity index (χ0n) is 18.0. The molecule has 0 aliphatic carbocycles. The maximum Gasteiger partial charge on any atom is 0.279 e. The van der Waals surface area contributed by atoms with Gasteiger partial charge in [0.05, 0.1) is 11.9 Å². The molecule has 0 radical (unpaired) electrons. The van der Waals surface area contributed by atoms with Gasteiger partial charge in [0.15, 0.2) is 23.1 Å². The quantitative estimate of drug-likeness (QED) is 0.568. The summed E-state index contributed by atoms with van der Waals surface area (Å²) in [6.07, 6.45) is 4.53. The average molecular weight is 436 g/mol. The van der Waals surface area contributed by atoms with Crippen molar-refractivity contribution in [1.82, 2.24) is 19.9 Å². The largest absolute Gasteiger partial charge is 0.382 e. The summed E-state index contributed by atoms with van der Waals surface area (Å²) in [6, 6.07) is 6.54. The molecule has 5 N–H and O–H groups in total. The number of hydrogen-bond donors (Lipinski definition) is 3. The molecule has 3 aromatic rings. The Morgan fingerprint density at radius 3 is 2.69 bits per heavy atom. The first-order valence-electron chi connectivity index (χ1n) is 10.3. The van der Waals surface area contributed by atoms with E-state index in [0.29, 0.717) is 11.5 Å². The lowest BCUT2D eigenvalue weighted by atomic mass is 9.91. The van der Waals surface area contributed by atoms with Crippen LogP contribution in [0.2, 0.25) is 0 Å². The summed E-state index contributed by atoms with van der Waals surface area (Å²) in [5.74, 6) is -0.853.